The van der Waals surface area contributed by atoms with Crippen molar-refractivity contribution < 1.29 is 9.59 Å². The highest BCUT2D eigenvalue weighted by molar-refractivity contribution is 6.45. The SMILES string of the molecule is Cc1cccc(N2CCN(C(=O)C(=O)Nc3cccc(Cl)c3Cl)CC2)c1C. The minimum absolute atomic E-state index is 0.222. The first kappa shape index (κ1) is 19.5. The Balaban J connectivity index is 1.62. The van der Waals surface area contributed by atoms with Crippen LogP contribution in [0.5, 0.6) is 0 Å². The fourth-order valence-corrected chi connectivity index (χ4v) is 3.50. The first-order valence-electron chi connectivity index (χ1n) is 8.74. The summed E-state index contributed by atoms with van der Waals surface area (Å²) in [5.74, 6) is -1.27. The molecule has 1 aliphatic rings. The number of benzene rings is 2. The van der Waals surface area contributed by atoms with Gasteiger partial charge in [-0.1, -0.05) is 41.4 Å². The van der Waals surface area contributed by atoms with E-state index in [9.17, 15) is 9.59 Å². The van der Waals surface area contributed by atoms with Gasteiger partial charge in [0.2, 0.25) is 0 Å². The van der Waals surface area contributed by atoms with Crippen molar-refractivity contribution in [3.05, 3.63) is 57.6 Å². The third-order valence-corrected chi connectivity index (χ3v) is 5.70. The molecule has 1 N–H and O–H groups in total. The van der Waals surface area contributed by atoms with Crippen LogP contribution in [0.2, 0.25) is 10.0 Å². The van der Waals surface area contributed by atoms with Gasteiger partial charge in [-0.05, 0) is 43.2 Å². The van der Waals surface area contributed by atoms with Gasteiger partial charge >= 0.3 is 11.8 Å². The highest BCUT2D eigenvalue weighted by Gasteiger charge is 2.27. The summed E-state index contributed by atoms with van der Waals surface area (Å²) in [6, 6.07) is 11.1. The molecule has 7 heteroatoms. The molecule has 1 fully saturated rings. The number of piperazine rings is 1. The number of halogens is 2. The zero-order valence-corrected chi connectivity index (χ0v) is 16.8. The van der Waals surface area contributed by atoms with E-state index in [-0.39, 0.29) is 5.02 Å². The Morgan fingerprint density at radius 1 is 0.963 bits per heavy atom. The molecule has 0 saturated carbocycles. The molecule has 27 heavy (non-hydrogen) atoms. The average Bonchev–Trinajstić information content (AvgIpc) is 2.67. The Morgan fingerprint density at radius 2 is 1.63 bits per heavy atom. The maximum absolute atomic E-state index is 12.5. The van der Waals surface area contributed by atoms with Crippen LogP contribution in [0.3, 0.4) is 0 Å². The summed E-state index contributed by atoms with van der Waals surface area (Å²) >= 11 is 12.0. The van der Waals surface area contributed by atoms with E-state index >= 15 is 0 Å². The van der Waals surface area contributed by atoms with Gasteiger partial charge in [0.05, 0.1) is 15.7 Å². The van der Waals surface area contributed by atoms with Crippen LogP contribution in [0.4, 0.5) is 11.4 Å². The van der Waals surface area contributed by atoms with Gasteiger partial charge in [0.1, 0.15) is 0 Å². The molecule has 1 aliphatic heterocycles. The number of aryl methyl sites for hydroxylation is 1. The van der Waals surface area contributed by atoms with Crippen molar-refractivity contribution in [3.63, 3.8) is 0 Å². The quantitative estimate of drug-likeness (QED) is 0.770. The van der Waals surface area contributed by atoms with Crippen LogP contribution in [-0.2, 0) is 9.59 Å². The van der Waals surface area contributed by atoms with E-state index in [0.717, 1.165) is 0 Å². The molecule has 2 aromatic carbocycles. The minimum Gasteiger partial charge on any atom is -0.368 e. The number of nitrogens with one attached hydrogen (secondary N) is 1. The molecule has 0 aromatic heterocycles. The molecule has 0 spiro atoms. The van der Waals surface area contributed by atoms with Crippen LogP contribution >= 0.6 is 23.2 Å². The molecule has 0 radical (unpaired) electrons. The molecule has 0 aliphatic carbocycles. The van der Waals surface area contributed by atoms with Gasteiger partial charge < -0.3 is 15.1 Å². The molecule has 1 saturated heterocycles. The predicted molar refractivity (Wildman–Crippen MR) is 110 cm³/mol. The number of carbonyl (C=O) groups is 2. The Labute approximate surface area is 168 Å². The number of hydrogen-bond acceptors (Lipinski definition) is 3. The summed E-state index contributed by atoms with van der Waals surface area (Å²) in [5.41, 5.74) is 3.99. The number of anilines is 2. The Bertz CT molecular complexity index is 878. The summed E-state index contributed by atoms with van der Waals surface area (Å²) in [4.78, 5) is 28.6. The van der Waals surface area contributed by atoms with E-state index in [2.05, 4.69) is 36.2 Å². The van der Waals surface area contributed by atoms with Crippen molar-refractivity contribution in [3.8, 4) is 0 Å². The van der Waals surface area contributed by atoms with Crippen LogP contribution in [0.25, 0.3) is 0 Å². The van der Waals surface area contributed by atoms with Crippen LogP contribution < -0.4 is 10.2 Å². The lowest BCUT2D eigenvalue weighted by molar-refractivity contribution is -0.143. The average molecular weight is 406 g/mol. The molecule has 142 valence electrons. The fourth-order valence-electron chi connectivity index (χ4n) is 3.15. The van der Waals surface area contributed by atoms with Gasteiger partial charge in [0.15, 0.2) is 0 Å². The van der Waals surface area contributed by atoms with Gasteiger partial charge in [-0.15, -0.1) is 0 Å². The summed E-state index contributed by atoms with van der Waals surface area (Å²) in [6.45, 7) is 6.53. The normalized spacial score (nSPS) is 14.2. The van der Waals surface area contributed by atoms with Gasteiger partial charge in [-0.25, -0.2) is 0 Å². The third kappa shape index (κ3) is 4.20. The van der Waals surface area contributed by atoms with Crippen molar-refractivity contribution >= 4 is 46.4 Å². The second-order valence-electron chi connectivity index (χ2n) is 6.55. The molecular formula is C20H21Cl2N3O2. The maximum Gasteiger partial charge on any atom is 0.313 e. The van der Waals surface area contributed by atoms with Crippen molar-refractivity contribution in [2.75, 3.05) is 36.4 Å². The topological polar surface area (TPSA) is 52.7 Å². The predicted octanol–water partition coefficient (Wildman–Crippen LogP) is 3.90. The Morgan fingerprint density at radius 3 is 2.33 bits per heavy atom. The molecule has 0 unspecified atom stereocenters. The first-order chi connectivity index (χ1) is 12.9. The lowest BCUT2D eigenvalue weighted by atomic mass is 10.1. The summed E-state index contributed by atoms with van der Waals surface area (Å²) in [7, 11) is 0. The number of hydrogen-bond donors (Lipinski definition) is 1. The minimum atomic E-state index is -0.709. The van der Waals surface area contributed by atoms with E-state index in [4.69, 9.17) is 23.2 Å². The van der Waals surface area contributed by atoms with Crippen molar-refractivity contribution in [1.82, 2.24) is 4.90 Å². The summed E-state index contributed by atoms with van der Waals surface area (Å²) in [6.07, 6.45) is 0. The zero-order valence-electron chi connectivity index (χ0n) is 15.3. The zero-order chi connectivity index (χ0) is 19.6. The van der Waals surface area contributed by atoms with Crippen molar-refractivity contribution in [1.29, 1.82) is 0 Å². The van der Waals surface area contributed by atoms with Crippen LogP contribution in [0, 0.1) is 13.8 Å². The van der Waals surface area contributed by atoms with Crippen LogP contribution in [-0.4, -0.2) is 42.9 Å². The number of amides is 2. The molecule has 3 rings (SSSR count). The van der Waals surface area contributed by atoms with Crippen LogP contribution in [0.15, 0.2) is 36.4 Å². The largest absolute Gasteiger partial charge is 0.368 e. The van der Waals surface area contributed by atoms with E-state index in [0.29, 0.717) is 36.9 Å². The smallest absolute Gasteiger partial charge is 0.313 e. The molecular weight excluding hydrogens is 385 g/mol. The molecule has 2 aromatic rings. The Hall–Kier alpha value is -2.24. The number of nitrogens with zero attached hydrogens (tertiary/aromatic N) is 2. The summed E-state index contributed by atoms with van der Waals surface area (Å²) in [5, 5.41) is 3.09. The van der Waals surface area contributed by atoms with Gasteiger partial charge in [0, 0.05) is 31.9 Å². The molecule has 1 heterocycles. The van der Waals surface area contributed by atoms with E-state index in [1.165, 1.54) is 16.8 Å². The monoisotopic (exact) mass is 405 g/mol. The maximum atomic E-state index is 12.5. The van der Waals surface area contributed by atoms with Crippen LogP contribution in [0.1, 0.15) is 11.1 Å². The lowest BCUT2D eigenvalue weighted by Crippen LogP contribution is -2.51. The molecule has 5 nitrogen and oxygen atoms in total. The highest BCUT2D eigenvalue weighted by atomic mass is 35.5. The van der Waals surface area contributed by atoms with Crippen molar-refractivity contribution in [2.45, 2.75) is 13.8 Å². The van der Waals surface area contributed by atoms with Crippen molar-refractivity contribution in [2.24, 2.45) is 0 Å². The number of rotatable bonds is 2. The highest BCUT2D eigenvalue weighted by Crippen LogP contribution is 2.29. The van der Waals surface area contributed by atoms with Gasteiger partial charge in [-0.2, -0.15) is 0 Å². The first-order valence-corrected chi connectivity index (χ1v) is 9.49. The fraction of sp³-hybridized carbons (Fsp3) is 0.300. The second-order valence-corrected chi connectivity index (χ2v) is 7.34. The number of carbonyl (C=O) groups excluding carboxylic acids is 2. The third-order valence-electron chi connectivity index (χ3n) is 4.88. The standard InChI is InChI=1S/C20H21Cl2N3O2/c1-13-5-3-8-17(14(13)2)24-9-11-25(12-10-24)20(27)19(26)23-16-7-4-6-15(21)18(16)22/h3-8H,9-12H2,1-2H3,(H,23,26). The molecule has 2 amide bonds. The molecule has 0 bridgehead atoms. The van der Waals surface area contributed by atoms with E-state index in [1.54, 1.807) is 23.1 Å². The van der Waals surface area contributed by atoms with Gasteiger partial charge in [-0.3, -0.25) is 9.59 Å². The van der Waals surface area contributed by atoms with E-state index < -0.39 is 11.8 Å². The second kappa shape index (κ2) is 8.19. The lowest BCUT2D eigenvalue weighted by Gasteiger charge is -2.36. The Kier molecular flexibility index (Phi) is 5.92. The van der Waals surface area contributed by atoms with Gasteiger partial charge in [0.25, 0.3) is 0 Å². The molecule has 0 atom stereocenters. The van der Waals surface area contributed by atoms with E-state index in [1.807, 2.05) is 6.07 Å². The summed E-state index contributed by atoms with van der Waals surface area (Å²) < 4.78 is 0.